The van der Waals surface area contributed by atoms with Crippen molar-refractivity contribution in [1.82, 2.24) is 25.2 Å². The number of piperazine rings is 1. The highest BCUT2D eigenvalue weighted by Gasteiger charge is 2.49. The van der Waals surface area contributed by atoms with Gasteiger partial charge in [-0.2, -0.15) is 23.1 Å². The number of fused-ring (bicyclic) bond motifs is 4. The topological polar surface area (TPSA) is 102 Å². The fourth-order valence-electron chi connectivity index (χ4n) is 7.14. The highest BCUT2D eigenvalue weighted by molar-refractivity contribution is 6.35. The van der Waals surface area contributed by atoms with Gasteiger partial charge in [-0.1, -0.05) is 23.2 Å². The van der Waals surface area contributed by atoms with E-state index in [0.29, 0.717) is 45.1 Å². The maximum absolute atomic E-state index is 16.6. The summed E-state index contributed by atoms with van der Waals surface area (Å²) in [7, 11) is 0. The van der Waals surface area contributed by atoms with Gasteiger partial charge in [0, 0.05) is 31.4 Å². The van der Waals surface area contributed by atoms with Gasteiger partial charge in [0.25, 0.3) is 0 Å². The second-order valence-electron chi connectivity index (χ2n) is 11.8. The Morgan fingerprint density at radius 3 is 2.59 bits per heavy atom. The monoisotopic (exact) mass is 659 g/mol. The van der Waals surface area contributed by atoms with Gasteiger partial charge in [0.05, 0.1) is 52.1 Å². The number of aromatic nitrogens is 3. The average molecular weight is 660 g/mol. The highest BCUT2D eigenvalue weighted by Crippen LogP contribution is 2.47. The van der Waals surface area contributed by atoms with E-state index in [0.717, 1.165) is 25.5 Å². The zero-order chi connectivity index (χ0) is 31.0. The minimum atomic E-state index is -5.00. The molecule has 0 spiro atoms. The molecule has 9 nitrogen and oxygen atoms in total. The molecule has 0 amide bonds. The molecule has 6 heterocycles. The standard InChI is InChI=1S/C28H28Cl2F5N7O2/c29-17-4-16-23(22(32)20(17)24-21(28(33,34)35)18(30)5-19(36)38-24)39-26(44-12-27-2-1-3-41(27)9-13(31)6-27)40-25(16)42-14-7-37-8-15(42)11-43-10-14/h4-5,13-15,37H,1-3,6-12H2,(H2,36,38)/t13-,14?,15?,27+/m1/s1. The van der Waals surface area contributed by atoms with Crippen molar-refractivity contribution in [1.29, 1.82) is 0 Å². The fourth-order valence-corrected chi connectivity index (χ4v) is 7.73. The lowest BCUT2D eigenvalue weighted by molar-refractivity contribution is -0.137. The summed E-state index contributed by atoms with van der Waals surface area (Å²) in [5.74, 6) is -1.21. The molecular formula is C28H28Cl2F5N7O2. The van der Waals surface area contributed by atoms with E-state index in [1.807, 2.05) is 4.90 Å². The lowest BCUT2D eigenvalue weighted by Crippen LogP contribution is -2.64. The van der Waals surface area contributed by atoms with Crippen molar-refractivity contribution in [3.05, 3.63) is 33.6 Å². The van der Waals surface area contributed by atoms with E-state index < -0.39 is 45.5 Å². The largest absolute Gasteiger partial charge is 0.461 e. The molecule has 3 N–H and O–H groups in total. The zero-order valence-electron chi connectivity index (χ0n) is 23.2. The number of anilines is 2. The minimum Gasteiger partial charge on any atom is -0.461 e. The number of benzene rings is 1. The van der Waals surface area contributed by atoms with Crippen LogP contribution in [-0.2, 0) is 10.9 Å². The summed E-state index contributed by atoms with van der Waals surface area (Å²) in [5.41, 5.74) is 2.00. The van der Waals surface area contributed by atoms with Crippen LogP contribution < -0.4 is 20.7 Å². The molecule has 2 bridgehead atoms. The average Bonchev–Trinajstić information content (AvgIpc) is 3.46. The summed E-state index contributed by atoms with van der Waals surface area (Å²) in [5, 5.41) is 2.42. The third-order valence-electron chi connectivity index (χ3n) is 9.00. The van der Waals surface area contributed by atoms with Crippen LogP contribution in [0.3, 0.4) is 0 Å². The summed E-state index contributed by atoms with van der Waals surface area (Å²) < 4.78 is 85.4. The Labute approximate surface area is 258 Å². The molecule has 44 heavy (non-hydrogen) atoms. The third kappa shape index (κ3) is 4.98. The van der Waals surface area contributed by atoms with Crippen LogP contribution in [0.4, 0.5) is 33.6 Å². The van der Waals surface area contributed by atoms with Crippen LogP contribution in [0.15, 0.2) is 12.1 Å². The summed E-state index contributed by atoms with van der Waals surface area (Å²) in [6.45, 7) is 2.98. The molecule has 236 valence electrons. The van der Waals surface area contributed by atoms with Crippen LogP contribution in [0.25, 0.3) is 22.2 Å². The molecule has 0 radical (unpaired) electrons. The Balaban J connectivity index is 1.40. The Hall–Kier alpha value is -2.78. The molecule has 4 fully saturated rings. The van der Waals surface area contributed by atoms with E-state index in [-0.39, 0.29) is 46.4 Å². The smallest absolute Gasteiger partial charge is 0.419 e. The minimum absolute atomic E-state index is 0.0720. The molecule has 3 aromatic rings. The molecule has 2 unspecified atom stereocenters. The third-order valence-corrected chi connectivity index (χ3v) is 9.59. The SMILES string of the molecule is Nc1cc(Cl)c(C(F)(F)F)c(-c2c(Cl)cc3c(N4C5CNCC4COC5)nc(OC[C@@]45CCCN4C[C@H](F)C5)nc3c2F)n1. The van der Waals surface area contributed by atoms with Crippen molar-refractivity contribution < 1.29 is 31.4 Å². The normalized spacial score (nSPS) is 27.2. The molecule has 4 aliphatic rings. The van der Waals surface area contributed by atoms with Gasteiger partial charge >= 0.3 is 12.2 Å². The van der Waals surface area contributed by atoms with Crippen LogP contribution in [-0.4, -0.2) is 89.6 Å². The number of hydrogen-bond donors (Lipinski definition) is 2. The summed E-state index contributed by atoms with van der Waals surface area (Å²) in [4.78, 5) is 16.9. The molecule has 2 aromatic heterocycles. The maximum Gasteiger partial charge on any atom is 0.419 e. The number of morpholine rings is 1. The van der Waals surface area contributed by atoms with E-state index in [4.69, 9.17) is 43.4 Å². The number of rotatable bonds is 5. The Morgan fingerprint density at radius 1 is 1.11 bits per heavy atom. The Bertz CT molecular complexity index is 1610. The molecule has 7 rings (SSSR count). The molecule has 4 saturated heterocycles. The van der Waals surface area contributed by atoms with Crippen molar-refractivity contribution in [2.24, 2.45) is 0 Å². The summed E-state index contributed by atoms with van der Waals surface area (Å²) in [6.07, 6.45) is -4.08. The maximum atomic E-state index is 16.6. The van der Waals surface area contributed by atoms with E-state index >= 15 is 4.39 Å². The second kappa shape index (κ2) is 10.9. The van der Waals surface area contributed by atoms with E-state index in [1.54, 1.807) is 0 Å². The van der Waals surface area contributed by atoms with Gasteiger partial charge in [-0.3, -0.25) is 4.90 Å². The molecule has 4 atom stereocenters. The number of hydrogen-bond acceptors (Lipinski definition) is 9. The number of halogens is 7. The van der Waals surface area contributed by atoms with Gasteiger partial charge < -0.3 is 25.4 Å². The number of alkyl halides is 4. The fraction of sp³-hybridized carbons (Fsp3) is 0.536. The predicted molar refractivity (Wildman–Crippen MR) is 154 cm³/mol. The Kier molecular flexibility index (Phi) is 7.43. The first-order chi connectivity index (χ1) is 20.9. The van der Waals surface area contributed by atoms with Crippen molar-refractivity contribution in [3.63, 3.8) is 0 Å². The van der Waals surface area contributed by atoms with Crippen LogP contribution in [0.1, 0.15) is 24.8 Å². The lowest BCUT2D eigenvalue weighted by Gasteiger charge is -2.47. The number of nitrogens with zero attached hydrogens (tertiary/aromatic N) is 5. The number of ether oxygens (including phenoxy) is 2. The second-order valence-corrected chi connectivity index (χ2v) is 12.6. The summed E-state index contributed by atoms with van der Waals surface area (Å²) >= 11 is 12.5. The zero-order valence-corrected chi connectivity index (χ0v) is 24.7. The molecular weight excluding hydrogens is 632 g/mol. The quantitative estimate of drug-likeness (QED) is 0.372. The highest BCUT2D eigenvalue weighted by atomic mass is 35.5. The first-order valence-corrected chi connectivity index (χ1v) is 15.0. The number of nitrogen functional groups attached to an aromatic ring is 1. The van der Waals surface area contributed by atoms with Gasteiger partial charge in [0.2, 0.25) is 0 Å². The number of pyridine rings is 1. The first-order valence-electron chi connectivity index (χ1n) is 14.3. The van der Waals surface area contributed by atoms with Crippen LogP contribution in [0, 0.1) is 5.82 Å². The molecule has 0 saturated carbocycles. The van der Waals surface area contributed by atoms with Gasteiger partial charge in [0.15, 0.2) is 5.82 Å². The van der Waals surface area contributed by atoms with Crippen LogP contribution >= 0.6 is 23.2 Å². The first kappa shape index (κ1) is 29.9. The van der Waals surface area contributed by atoms with E-state index in [2.05, 4.69) is 20.2 Å². The Morgan fingerprint density at radius 2 is 1.86 bits per heavy atom. The van der Waals surface area contributed by atoms with Gasteiger partial charge in [0.1, 0.15) is 35.5 Å². The molecule has 0 aliphatic carbocycles. The number of nitrogens with one attached hydrogen (secondary N) is 1. The van der Waals surface area contributed by atoms with Gasteiger partial charge in [-0.25, -0.2) is 13.8 Å². The van der Waals surface area contributed by atoms with E-state index in [9.17, 15) is 17.6 Å². The van der Waals surface area contributed by atoms with Crippen LogP contribution in [0.2, 0.25) is 10.0 Å². The van der Waals surface area contributed by atoms with Crippen molar-refractivity contribution in [2.75, 3.05) is 56.6 Å². The van der Waals surface area contributed by atoms with Gasteiger partial charge in [-0.05, 0) is 31.5 Å². The number of nitrogens with two attached hydrogens (primary N) is 1. The summed E-state index contributed by atoms with van der Waals surface area (Å²) in [6, 6.07) is 1.64. The molecule has 1 aromatic carbocycles. The van der Waals surface area contributed by atoms with Crippen molar-refractivity contribution in [3.8, 4) is 17.3 Å². The van der Waals surface area contributed by atoms with Gasteiger partial charge in [-0.15, -0.1) is 0 Å². The van der Waals surface area contributed by atoms with Crippen molar-refractivity contribution >= 4 is 45.7 Å². The van der Waals surface area contributed by atoms with Crippen LogP contribution in [0.5, 0.6) is 6.01 Å². The van der Waals surface area contributed by atoms with E-state index in [1.165, 1.54) is 6.07 Å². The molecule has 4 aliphatic heterocycles. The van der Waals surface area contributed by atoms with Crippen molar-refractivity contribution in [2.45, 2.75) is 49.2 Å². The lowest BCUT2D eigenvalue weighted by atomic mass is 9.95. The molecule has 16 heteroatoms. The predicted octanol–water partition coefficient (Wildman–Crippen LogP) is 4.87.